The van der Waals surface area contributed by atoms with E-state index in [0.717, 1.165) is 12.0 Å². The van der Waals surface area contributed by atoms with E-state index in [1.807, 2.05) is 6.92 Å². The van der Waals surface area contributed by atoms with Gasteiger partial charge in [-0.1, -0.05) is 0 Å². The number of epoxide rings is 1. The summed E-state index contributed by atoms with van der Waals surface area (Å²) in [6.07, 6.45) is 1.16. The minimum Gasteiger partial charge on any atom is -0.507 e. The van der Waals surface area contributed by atoms with Gasteiger partial charge in [0.1, 0.15) is 23.4 Å². The Morgan fingerprint density at radius 3 is 2.58 bits per heavy atom. The number of phenols is 2. The lowest BCUT2D eigenvalue weighted by molar-refractivity contribution is 0.0973. The molecular weight excluding hydrogens is 336 g/mol. The Hall–Kier alpha value is -2.86. The van der Waals surface area contributed by atoms with Crippen LogP contribution in [0.4, 0.5) is 0 Å². The molecule has 0 aromatic heterocycles. The van der Waals surface area contributed by atoms with Crippen molar-refractivity contribution in [2.24, 2.45) is 0 Å². The zero-order valence-corrected chi connectivity index (χ0v) is 14.3. The topological polar surface area (TPSA) is 96.4 Å². The number of phenolic OH excluding ortho intramolecular Hbond substituents is 2. The molecule has 2 aromatic rings. The van der Waals surface area contributed by atoms with Crippen LogP contribution < -0.4 is 4.74 Å². The van der Waals surface area contributed by atoms with Gasteiger partial charge in [-0.05, 0) is 37.5 Å². The number of hydrogen-bond acceptors (Lipinski definition) is 6. The molecule has 0 saturated carbocycles. The maximum atomic E-state index is 13.0. The van der Waals surface area contributed by atoms with Crippen molar-refractivity contribution in [1.29, 1.82) is 0 Å². The van der Waals surface area contributed by atoms with Crippen LogP contribution in [-0.2, 0) is 11.2 Å². The molecule has 5 rings (SSSR count). The van der Waals surface area contributed by atoms with Gasteiger partial charge in [0.2, 0.25) is 5.78 Å². The highest BCUT2D eigenvalue weighted by atomic mass is 16.6. The van der Waals surface area contributed by atoms with Crippen LogP contribution in [0.25, 0.3) is 0 Å². The predicted molar refractivity (Wildman–Crippen MR) is 90.2 cm³/mol. The van der Waals surface area contributed by atoms with Crippen LogP contribution in [0.5, 0.6) is 17.2 Å². The fraction of sp³-hybridized carbons (Fsp3) is 0.300. The lowest BCUT2D eigenvalue weighted by atomic mass is 9.76. The van der Waals surface area contributed by atoms with Crippen molar-refractivity contribution in [2.45, 2.75) is 31.5 Å². The molecule has 0 bridgehead atoms. The molecule has 6 heteroatoms. The number of carbonyl (C=O) groups excluding carboxylic acids is 2. The summed E-state index contributed by atoms with van der Waals surface area (Å²) in [7, 11) is 1.41. The molecule has 0 radical (unpaired) electrons. The van der Waals surface area contributed by atoms with E-state index in [1.165, 1.54) is 19.2 Å². The summed E-state index contributed by atoms with van der Waals surface area (Å²) in [5, 5.41) is 21.0. The molecule has 2 aromatic carbocycles. The maximum Gasteiger partial charge on any atom is 0.201 e. The van der Waals surface area contributed by atoms with Gasteiger partial charge in [-0.2, -0.15) is 0 Å². The first kappa shape index (κ1) is 15.4. The summed E-state index contributed by atoms with van der Waals surface area (Å²) in [6.45, 7) is 2.00. The van der Waals surface area contributed by atoms with Gasteiger partial charge in [-0.25, -0.2) is 0 Å². The largest absolute Gasteiger partial charge is 0.507 e. The molecule has 2 N–H and O–H groups in total. The number of hydrogen-bond donors (Lipinski definition) is 2. The SMILES string of the molecule is COc1cc(O)c2c(c1)C(=O)c1cc3c(c(O)c1C2=O)CCC1(C)OC31. The van der Waals surface area contributed by atoms with Crippen LogP contribution in [0.2, 0.25) is 0 Å². The van der Waals surface area contributed by atoms with Crippen LogP contribution >= 0.6 is 0 Å². The van der Waals surface area contributed by atoms with Crippen LogP contribution in [0.15, 0.2) is 18.2 Å². The molecule has 132 valence electrons. The molecule has 1 heterocycles. The second-order valence-corrected chi connectivity index (χ2v) is 7.25. The van der Waals surface area contributed by atoms with Crippen molar-refractivity contribution in [3.8, 4) is 17.2 Å². The van der Waals surface area contributed by atoms with Crippen molar-refractivity contribution in [1.82, 2.24) is 0 Å². The summed E-state index contributed by atoms with van der Waals surface area (Å²) in [6, 6.07) is 4.39. The van der Waals surface area contributed by atoms with E-state index in [2.05, 4.69) is 0 Å². The fourth-order valence-electron chi connectivity index (χ4n) is 4.23. The number of carbonyl (C=O) groups is 2. The second-order valence-electron chi connectivity index (χ2n) is 7.25. The summed E-state index contributed by atoms with van der Waals surface area (Å²) >= 11 is 0. The fourth-order valence-corrected chi connectivity index (χ4v) is 4.23. The van der Waals surface area contributed by atoms with Crippen molar-refractivity contribution < 1.29 is 29.3 Å². The molecule has 26 heavy (non-hydrogen) atoms. The Kier molecular flexibility index (Phi) is 2.75. The van der Waals surface area contributed by atoms with Gasteiger partial charge in [0.05, 0.1) is 23.8 Å². The number of fused-ring (bicyclic) bond motifs is 5. The Balaban J connectivity index is 1.77. The molecular formula is C20H16O6. The average Bonchev–Trinajstić information content (AvgIpc) is 3.31. The molecule has 0 amide bonds. The Labute approximate surface area is 149 Å². The van der Waals surface area contributed by atoms with Gasteiger partial charge in [0, 0.05) is 22.8 Å². The summed E-state index contributed by atoms with van der Waals surface area (Å²) < 4.78 is 10.8. The number of ketones is 2. The molecule has 2 unspecified atom stereocenters. The molecule has 2 aliphatic carbocycles. The zero-order valence-electron chi connectivity index (χ0n) is 14.3. The summed E-state index contributed by atoms with van der Waals surface area (Å²) in [5.41, 5.74) is 1.26. The lowest BCUT2D eigenvalue weighted by Gasteiger charge is -2.25. The van der Waals surface area contributed by atoms with Gasteiger partial charge >= 0.3 is 0 Å². The Morgan fingerprint density at radius 2 is 1.85 bits per heavy atom. The molecule has 1 saturated heterocycles. The van der Waals surface area contributed by atoms with Crippen LogP contribution in [0.3, 0.4) is 0 Å². The highest BCUT2D eigenvalue weighted by molar-refractivity contribution is 6.30. The normalized spacial score (nSPS) is 25.1. The monoisotopic (exact) mass is 352 g/mol. The van der Waals surface area contributed by atoms with E-state index in [-0.39, 0.29) is 51.2 Å². The van der Waals surface area contributed by atoms with Gasteiger partial charge < -0.3 is 19.7 Å². The zero-order chi connectivity index (χ0) is 18.4. The third-order valence-electron chi connectivity index (χ3n) is 5.75. The number of rotatable bonds is 1. The van der Waals surface area contributed by atoms with Crippen LogP contribution in [0, 0.1) is 0 Å². The van der Waals surface area contributed by atoms with Crippen molar-refractivity contribution in [3.63, 3.8) is 0 Å². The van der Waals surface area contributed by atoms with Crippen molar-refractivity contribution >= 4 is 11.6 Å². The van der Waals surface area contributed by atoms with Gasteiger partial charge in [0.25, 0.3) is 0 Å². The number of ether oxygens (including phenoxy) is 2. The molecule has 1 aliphatic heterocycles. The van der Waals surface area contributed by atoms with Gasteiger partial charge in [-0.15, -0.1) is 0 Å². The van der Waals surface area contributed by atoms with E-state index in [1.54, 1.807) is 6.07 Å². The molecule has 2 atom stereocenters. The third-order valence-corrected chi connectivity index (χ3v) is 5.75. The standard InChI is InChI=1S/C20H16O6/c1-20-4-3-9-10(19(20)26-20)7-12-15(17(9)23)18(24)14-11(16(12)22)5-8(25-2)6-13(14)21/h5-7,19,21,23H,3-4H2,1-2H3. The highest BCUT2D eigenvalue weighted by Crippen LogP contribution is 2.58. The smallest absolute Gasteiger partial charge is 0.201 e. The van der Waals surface area contributed by atoms with E-state index in [4.69, 9.17) is 9.47 Å². The number of aromatic hydroxyl groups is 2. The first-order valence-electron chi connectivity index (χ1n) is 8.42. The number of benzene rings is 2. The van der Waals surface area contributed by atoms with Gasteiger partial charge in [0.15, 0.2) is 5.78 Å². The van der Waals surface area contributed by atoms with E-state index < -0.39 is 11.6 Å². The quantitative estimate of drug-likeness (QED) is 0.654. The Morgan fingerprint density at radius 1 is 1.12 bits per heavy atom. The minimum absolute atomic E-state index is 0.0361. The first-order chi connectivity index (χ1) is 12.4. The van der Waals surface area contributed by atoms with E-state index in [0.29, 0.717) is 12.0 Å². The Bertz CT molecular complexity index is 1040. The summed E-state index contributed by atoms with van der Waals surface area (Å²) in [5.74, 6) is -1.20. The predicted octanol–water partition coefficient (Wildman–Crippen LogP) is 2.66. The van der Waals surface area contributed by atoms with Crippen molar-refractivity contribution in [3.05, 3.63) is 51.6 Å². The minimum atomic E-state index is -0.555. The van der Waals surface area contributed by atoms with Crippen molar-refractivity contribution in [2.75, 3.05) is 7.11 Å². The highest BCUT2D eigenvalue weighted by Gasteiger charge is 2.57. The molecule has 6 nitrogen and oxygen atoms in total. The number of methoxy groups -OCH3 is 1. The first-order valence-corrected chi connectivity index (χ1v) is 8.42. The summed E-state index contributed by atoms with van der Waals surface area (Å²) in [4.78, 5) is 26.0. The molecule has 0 spiro atoms. The van der Waals surface area contributed by atoms with E-state index in [9.17, 15) is 19.8 Å². The van der Waals surface area contributed by atoms with E-state index >= 15 is 0 Å². The van der Waals surface area contributed by atoms with Gasteiger partial charge in [-0.3, -0.25) is 9.59 Å². The molecule has 1 fully saturated rings. The third kappa shape index (κ3) is 1.74. The molecule has 3 aliphatic rings. The van der Waals surface area contributed by atoms with Crippen LogP contribution in [0.1, 0.15) is 62.4 Å². The maximum absolute atomic E-state index is 13.0. The second kappa shape index (κ2) is 4.65. The average molecular weight is 352 g/mol. The lowest BCUT2D eigenvalue weighted by Crippen LogP contribution is -2.24. The van der Waals surface area contributed by atoms with Crippen LogP contribution in [-0.4, -0.2) is 34.5 Å².